The number of likely N-dealkylation sites (N-methyl/N-ethyl adjacent to an activating group) is 1. The Balaban J connectivity index is 1.15. The number of likely N-dealkylation sites (tertiary alicyclic amines) is 1. The van der Waals surface area contributed by atoms with Crippen molar-refractivity contribution in [3.8, 4) is 23.1 Å². The van der Waals surface area contributed by atoms with Crippen molar-refractivity contribution in [2.45, 2.75) is 38.8 Å². The summed E-state index contributed by atoms with van der Waals surface area (Å²) in [5.41, 5.74) is 1.27. The maximum atomic E-state index is 15.3. The number of carbonyl (C=O) groups excluding carboxylic acids is 2. The van der Waals surface area contributed by atoms with E-state index in [0.29, 0.717) is 42.7 Å². The summed E-state index contributed by atoms with van der Waals surface area (Å²) < 4.78 is 28.6. The van der Waals surface area contributed by atoms with Crippen LogP contribution in [0, 0.1) is 12.7 Å². The number of hydrogen-bond acceptors (Lipinski definition) is 9. The predicted octanol–water partition coefficient (Wildman–Crippen LogP) is 3.97. The van der Waals surface area contributed by atoms with Gasteiger partial charge in [0, 0.05) is 56.1 Å². The Hall–Kier alpha value is -5.63. The second kappa shape index (κ2) is 13.4. The molecule has 1 atom stereocenters. The zero-order valence-corrected chi connectivity index (χ0v) is 26.0. The highest BCUT2D eigenvalue weighted by atomic mass is 19.1. The molecule has 2 amide bonds. The van der Waals surface area contributed by atoms with Crippen LogP contribution >= 0.6 is 0 Å². The number of aromatic nitrogens is 5. The van der Waals surface area contributed by atoms with E-state index in [1.807, 2.05) is 30.9 Å². The summed E-state index contributed by atoms with van der Waals surface area (Å²) in [5, 5.41) is 17.2. The molecule has 1 aliphatic rings. The van der Waals surface area contributed by atoms with E-state index in [9.17, 15) is 14.4 Å². The number of anilines is 1. The maximum absolute atomic E-state index is 15.3. The molecule has 47 heavy (non-hydrogen) atoms. The lowest BCUT2D eigenvalue weighted by Gasteiger charge is -2.33. The summed E-state index contributed by atoms with van der Waals surface area (Å²) in [6.07, 6.45) is 3.90. The van der Waals surface area contributed by atoms with E-state index in [4.69, 9.17) is 9.47 Å². The second-order valence-corrected chi connectivity index (χ2v) is 11.2. The van der Waals surface area contributed by atoms with E-state index in [-0.39, 0.29) is 46.7 Å². The largest absolute Gasteiger partial charge is 0.473 e. The van der Waals surface area contributed by atoms with E-state index < -0.39 is 17.3 Å². The van der Waals surface area contributed by atoms with Gasteiger partial charge in [0.25, 0.3) is 11.5 Å². The molecule has 13 nitrogen and oxygen atoms in total. The SMILES string of the molecule is CN[C@@H](C)C(=O)N1CCC(Oc2n[nH]c3nccc(Oc4ccc(NC(=O)c5ccnn(-c6ccc(C)cc6)c5=O)cc4F)c23)CC1. The number of aryl methyl sites for hydroxylation is 1. The standard InChI is InChI=1S/C33H33FN8O5/c1-19-4-7-22(8-5-19)42-33(45)24(10-15-37-42)30(43)38-21-6-9-26(25(34)18-21)47-27-11-14-36-29-28(27)31(40-39-29)46-23-12-16-41(17-13-23)32(44)20(2)35-3/h4-11,14-15,18,20,23,35H,12-13,16-17H2,1-3H3,(H,38,43)(H,36,39,40)/t20-/m0/s1. The fourth-order valence-electron chi connectivity index (χ4n) is 5.25. The van der Waals surface area contributed by atoms with Gasteiger partial charge in [-0.3, -0.25) is 19.5 Å². The number of piperidine rings is 1. The molecule has 1 aliphatic heterocycles. The highest BCUT2D eigenvalue weighted by Gasteiger charge is 2.28. The van der Waals surface area contributed by atoms with E-state index in [1.165, 1.54) is 30.6 Å². The van der Waals surface area contributed by atoms with Crippen LogP contribution in [0.5, 0.6) is 17.4 Å². The minimum absolute atomic E-state index is 0.0439. The number of ether oxygens (including phenoxy) is 2. The Bertz CT molecular complexity index is 1990. The van der Waals surface area contributed by atoms with Crippen molar-refractivity contribution in [3.05, 3.63) is 94.3 Å². The van der Waals surface area contributed by atoms with E-state index in [1.54, 1.807) is 25.2 Å². The molecule has 5 aromatic rings. The van der Waals surface area contributed by atoms with Gasteiger partial charge in [-0.2, -0.15) is 9.78 Å². The second-order valence-electron chi connectivity index (χ2n) is 11.2. The summed E-state index contributed by atoms with van der Waals surface area (Å²) in [5.74, 6) is -1.01. The van der Waals surface area contributed by atoms with Crippen LogP contribution in [0.2, 0.25) is 0 Å². The smallest absolute Gasteiger partial charge is 0.284 e. The number of pyridine rings is 1. The Morgan fingerprint density at radius 1 is 1.04 bits per heavy atom. The molecular weight excluding hydrogens is 607 g/mol. The maximum Gasteiger partial charge on any atom is 0.284 e. The molecule has 0 saturated carbocycles. The molecule has 3 N–H and O–H groups in total. The molecule has 4 heterocycles. The third kappa shape index (κ3) is 6.67. The van der Waals surface area contributed by atoms with Crippen molar-refractivity contribution in [2.24, 2.45) is 0 Å². The van der Waals surface area contributed by atoms with Gasteiger partial charge < -0.3 is 25.0 Å². The molecule has 0 radical (unpaired) electrons. The minimum atomic E-state index is -0.752. The summed E-state index contributed by atoms with van der Waals surface area (Å²) in [6.45, 7) is 4.86. The first-order chi connectivity index (χ1) is 22.7. The monoisotopic (exact) mass is 640 g/mol. The highest BCUT2D eigenvalue weighted by Crippen LogP contribution is 2.36. The van der Waals surface area contributed by atoms with Crippen LogP contribution in [0.1, 0.15) is 35.7 Å². The van der Waals surface area contributed by atoms with Gasteiger partial charge >= 0.3 is 0 Å². The number of nitrogens with one attached hydrogen (secondary N) is 3. The van der Waals surface area contributed by atoms with Crippen LogP contribution in [0.4, 0.5) is 10.1 Å². The number of rotatable bonds is 9. The molecule has 1 fully saturated rings. The number of aromatic amines is 1. The third-order valence-electron chi connectivity index (χ3n) is 8.00. The Morgan fingerprint density at radius 3 is 2.53 bits per heavy atom. The van der Waals surface area contributed by atoms with Gasteiger partial charge in [0.05, 0.1) is 11.7 Å². The molecule has 0 aliphatic carbocycles. The minimum Gasteiger partial charge on any atom is -0.473 e. The van der Waals surface area contributed by atoms with Gasteiger partial charge in [-0.15, -0.1) is 5.10 Å². The molecule has 242 valence electrons. The van der Waals surface area contributed by atoms with Gasteiger partial charge in [0.15, 0.2) is 17.2 Å². The molecular formula is C33H33FN8O5. The van der Waals surface area contributed by atoms with Crippen molar-refractivity contribution in [1.29, 1.82) is 0 Å². The van der Waals surface area contributed by atoms with Crippen LogP contribution < -0.4 is 25.7 Å². The first-order valence-electron chi connectivity index (χ1n) is 15.1. The molecule has 6 rings (SSSR count). The average Bonchev–Trinajstić information content (AvgIpc) is 3.49. The number of benzene rings is 2. The lowest BCUT2D eigenvalue weighted by Crippen LogP contribution is -2.48. The third-order valence-corrected chi connectivity index (χ3v) is 8.00. The topological polar surface area (TPSA) is 156 Å². The predicted molar refractivity (Wildman–Crippen MR) is 172 cm³/mol. The van der Waals surface area contributed by atoms with Crippen molar-refractivity contribution in [3.63, 3.8) is 0 Å². The van der Waals surface area contributed by atoms with Gasteiger partial charge in [-0.25, -0.2) is 9.37 Å². The molecule has 0 bridgehead atoms. The van der Waals surface area contributed by atoms with Gasteiger partial charge in [0.1, 0.15) is 22.8 Å². The first-order valence-corrected chi connectivity index (χ1v) is 15.1. The van der Waals surface area contributed by atoms with Crippen LogP contribution in [-0.4, -0.2) is 74.0 Å². The van der Waals surface area contributed by atoms with E-state index in [2.05, 4.69) is 30.9 Å². The number of H-pyrrole nitrogens is 1. The number of hydrogen-bond donors (Lipinski definition) is 3. The van der Waals surface area contributed by atoms with Gasteiger partial charge in [-0.1, -0.05) is 17.7 Å². The van der Waals surface area contributed by atoms with Crippen LogP contribution in [0.25, 0.3) is 16.7 Å². The highest BCUT2D eigenvalue weighted by molar-refractivity contribution is 6.04. The molecule has 0 unspecified atom stereocenters. The zero-order chi connectivity index (χ0) is 33.1. The van der Waals surface area contributed by atoms with E-state index >= 15 is 4.39 Å². The van der Waals surface area contributed by atoms with E-state index in [0.717, 1.165) is 16.3 Å². The molecule has 2 aromatic carbocycles. The van der Waals surface area contributed by atoms with Crippen molar-refractivity contribution >= 4 is 28.5 Å². The lowest BCUT2D eigenvalue weighted by atomic mass is 10.1. The molecule has 14 heteroatoms. The van der Waals surface area contributed by atoms with Gasteiger partial charge in [-0.05, 0) is 51.2 Å². The van der Waals surface area contributed by atoms with Crippen molar-refractivity contribution < 1.29 is 23.5 Å². The molecule has 3 aromatic heterocycles. The Kier molecular flexibility index (Phi) is 8.93. The summed E-state index contributed by atoms with van der Waals surface area (Å²) in [4.78, 5) is 44.6. The van der Waals surface area contributed by atoms with Crippen LogP contribution in [0.15, 0.2) is 71.8 Å². The van der Waals surface area contributed by atoms with Crippen LogP contribution in [0.3, 0.4) is 0 Å². The number of carbonyl (C=O) groups is 2. The number of amides is 2. The van der Waals surface area contributed by atoms with Crippen molar-refractivity contribution in [2.75, 3.05) is 25.5 Å². The first kappa shape index (κ1) is 31.4. The van der Waals surface area contributed by atoms with Gasteiger partial charge in [0.2, 0.25) is 11.8 Å². The summed E-state index contributed by atoms with van der Waals surface area (Å²) in [6, 6.07) is 13.7. The molecule has 0 spiro atoms. The normalized spacial score (nSPS) is 14.2. The Labute approximate surface area is 268 Å². The fourth-order valence-corrected chi connectivity index (χ4v) is 5.25. The number of nitrogens with zero attached hydrogens (tertiary/aromatic N) is 5. The quantitative estimate of drug-likeness (QED) is 0.217. The number of halogens is 1. The fraction of sp³-hybridized carbons (Fsp3) is 0.273. The molecule has 1 saturated heterocycles. The Morgan fingerprint density at radius 2 is 1.81 bits per heavy atom. The number of fused-ring (bicyclic) bond motifs is 1. The summed E-state index contributed by atoms with van der Waals surface area (Å²) >= 11 is 0. The lowest BCUT2D eigenvalue weighted by molar-refractivity contribution is -0.134. The van der Waals surface area contributed by atoms with Crippen LogP contribution in [-0.2, 0) is 4.79 Å². The average molecular weight is 641 g/mol. The summed E-state index contributed by atoms with van der Waals surface area (Å²) in [7, 11) is 1.75. The zero-order valence-electron chi connectivity index (χ0n) is 26.0. The van der Waals surface area contributed by atoms with Crippen molar-refractivity contribution in [1.82, 2.24) is 35.2 Å².